The van der Waals surface area contributed by atoms with Crippen molar-refractivity contribution < 1.29 is 41.8 Å². The molecule has 2 aromatic carbocycles. The minimum atomic E-state index is -4.37. The number of esters is 1. The van der Waals surface area contributed by atoms with Crippen molar-refractivity contribution in [1.29, 1.82) is 0 Å². The number of hydrogen-bond acceptors (Lipinski definition) is 7. The zero-order valence-corrected chi connectivity index (χ0v) is 24.0. The second kappa shape index (κ2) is 15.0. The van der Waals surface area contributed by atoms with Crippen LogP contribution in [0, 0.1) is 6.92 Å². The minimum absolute atomic E-state index is 0.0258. The van der Waals surface area contributed by atoms with E-state index in [-0.39, 0.29) is 19.4 Å². The van der Waals surface area contributed by atoms with Gasteiger partial charge in [-0.3, -0.25) is 9.59 Å². The van der Waals surface area contributed by atoms with Gasteiger partial charge in [0.15, 0.2) is 0 Å². The lowest BCUT2D eigenvalue weighted by Gasteiger charge is -2.12. The van der Waals surface area contributed by atoms with Gasteiger partial charge in [0.05, 0.1) is 30.7 Å². The highest BCUT2D eigenvalue weighted by atomic mass is 19.4. The van der Waals surface area contributed by atoms with Crippen molar-refractivity contribution >= 4 is 24.1 Å². The van der Waals surface area contributed by atoms with Crippen molar-refractivity contribution in [2.75, 3.05) is 6.61 Å². The Balaban J connectivity index is 1.19. The summed E-state index contributed by atoms with van der Waals surface area (Å²) in [4.78, 5) is 30.9. The average molecular weight is 612 g/mol. The number of nitrogens with zero attached hydrogens (tertiary/aromatic N) is 3. The zero-order valence-electron chi connectivity index (χ0n) is 24.0. The molecule has 0 aliphatic heterocycles. The van der Waals surface area contributed by atoms with Crippen LogP contribution < -0.4 is 4.74 Å². The Bertz CT molecular complexity index is 1570. The number of aryl methyl sites for hydroxylation is 4. The van der Waals surface area contributed by atoms with Gasteiger partial charge in [-0.25, -0.2) is 9.97 Å². The lowest BCUT2D eigenvalue weighted by atomic mass is 10.1. The molecule has 0 aliphatic carbocycles. The maximum Gasteiger partial charge on any atom is 0.416 e. The predicted octanol–water partition coefficient (Wildman–Crippen LogP) is 6.53. The Hall–Kier alpha value is -4.87. The number of ether oxygens (including phenoxy) is 2. The van der Waals surface area contributed by atoms with Crippen LogP contribution >= 0.6 is 0 Å². The van der Waals surface area contributed by atoms with E-state index in [4.69, 9.17) is 19.0 Å². The molecule has 0 saturated carbocycles. The monoisotopic (exact) mass is 611 g/mol. The van der Waals surface area contributed by atoms with Gasteiger partial charge in [-0.1, -0.05) is 24.3 Å². The quantitative estimate of drug-likeness (QED) is 0.119. The van der Waals surface area contributed by atoms with Crippen molar-refractivity contribution in [2.45, 2.75) is 58.4 Å². The van der Waals surface area contributed by atoms with E-state index in [0.29, 0.717) is 43.3 Å². The van der Waals surface area contributed by atoms with E-state index in [2.05, 4.69) is 16.0 Å². The maximum atomic E-state index is 12.7. The third-order valence-electron chi connectivity index (χ3n) is 6.64. The third kappa shape index (κ3) is 9.85. The number of carboxylic acids is 1. The molecule has 232 valence electrons. The summed E-state index contributed by atoms with van der Waals surface area (Å²) in [6, 6.07) is 10.9. The fourth-order valence-corrected chi connectivity index (χ4v) is 4.29. The first-order chi connectivity index (χ1) is 21.1. The minimum Gasteiger partial charge on any atom is -0.493 e. The first-order valence-electron chi connectivity index (χ1n) is 14.0. The van der Waals surface area contributed by atoms with E-state index in [0.717, 1.165) is 41.1 Å². The van der Waals surface area contributed by atoms with E-state index in [1.54, 1.807) is 30.8 Å². The molecule has 2 aromatic heterocycles. The first-order valence-corrected chi connectivity index (χ1v) is 14.0. The number of hydrogen-bond donors (Lipinski definition) is 1. The molecule has 0 bridgehead atoms. The number of alkyl halides is 3. The molecule has 4 rings (SSSR count). The highest BCUT2D eigenvalue weighted by molar-refractivity contribution is 5.76. The van der Waals surface area contributed by atoms with Gasteiger partial charge in [-0.15, -0.1) is 0 Å². The van der Waals surface area contributed by atoms with Crippen LogP contribution in [-0.2, 0) is 46.5 Å². The van der Waals surface area contributed by atoms with Gasteiger partial charge in [0.2, 0.25) is 5.89 Å². The molecule has 0 radical (unpaired) electrons. The summed E-state index contributed by atoms with van der Waals surface area (Å²) in [6.45, 7) is 3.03. The molecular formula is C32H32F3N3O6. The van der Waals surface area contributed by atoms with Gasteiger partial charge in [0.1, 0.15) is 24.4 Å². The summed E-state index contributed by atoms with van der Waals surface area (Å²) in [5.74, 6) is 0.0947. The number of carbonyl (C=O) groups excluding carboxylic acids is 1. The number of carbonyl (C=O) groups is 2. The van der Waals surface area contributed by atoms with Gasteiger partial charge in [0, 0.05) is 25.0 Å². The molecule has 9 nitrogen and oxygen atoms in total. The number of carboxylic acid groups (broad SMARTS) is 1. The molecular weight excluding hydrogens is 579 g/mol. The van der Waals surface area contributed by atoms with Gasteiger partial charge in [0.25, 0.3) is 0 Å². The summed E-state index contributed by atoms with van der Waals surface area (Å²) in [5, 5.41) is 8.66. The van der Waals surface area contributed by atoms with Crippen molar-refractivity contribution in [3.8, 4) is 5.75 Å². The number of aromatic nitrogens is 3. The topological polar surface area (TPSA) is 117 Å². The summed E-state index contributed by atoms with van der Waals surface area (Å²) in [6.07, 6.45) is 5.51. The molecule has 0 atom stereocenters. The Labute approximate surface area is 252 Å². The van der Waals surface area contributed by atoms with E-state index in [1.165, 1.54) is 12.1 Å². The fourth-order valence-electron chi connectivity index (χ4n) is 4.29. The lowest BCUT2D eigenvalue weighted by Crippen LogP contribution is -2.12. The molecule has 0 amide bonds. The van der Waals surface area contributed by atoms with Crippen LogP contribution in [0.25, 0.3) is 12.2 Å². The van der Waals surface area contributed by atoms with Gasteiger partial charge >= 0.3 is 18.1 Å². The first kappa shape index (κ1) is 32.1. The highest BCUT2D eigenvalue weighted by Gasteiger charge is 2.29. The second-order valence-electron chi connectivity index (χ2n) is 10.0. The van der Waals surface area contributed by atoms with E-state index in [9.17, 15) is 22.8 Å². The number of benzene rings is 2. The van der Waals surface area contributed by atoms with E-state index in [1.807, 2.05) is 23.6 Å². The summed E-state index contributed by atoms with van der Waals surface area (Å²) >= 11 is 0. The largest absolute Gasteiger partial charge is 0.493 e. The SMILES string of the molecule is Cc1cc(CCc2coc(/C=C/c3ccc(C(F)(F)F)cc3)n2)ccc1OCCCn1ccnc1COC(=O)CCC(=O)O. The lowest BCUT2D eigenvalue weighted by molar-refractivity contribution is -0.148. The van der Waals surface area contributed by atoms with Crippen LogP contribution in [0.1, 0.15) is 58.9 Å². The van der Waals surface area contributed by atoms with Crippen LogP contribution in [0.5, 0.6) is 5.75 Å². The van der Waals surface area contributed by atoms with Crippen LogP contribution in [0.2, 0.25) is 0 Å². The van der Waals surface area contributed by atoms with Crippen molar-refractivity contribution in [1.82, 2.24) is 14.5 Å². The number of oxazole rings is 1. The third-order valence-corrected chi connectivity index (χ3v) is 6.64. The van der Waals surface area contributed by atoms with Crippen LogP contribution in [0.15, 0.2) is 65.5 Å². The zero-order chi connectivity index (χ0) is 31.5. The molecule has 0 unspecified atom stereocenters. The van der Waals surface area contributed by atoms with E-state index < -0.39 is 23.7 Å². The summed E-state index contributed by atoms with van der Waals surface area (Å²) in [7, 11) is 0. The fraction of sp³-hybridized carbons (Fsp3) is 0.312. The second-order valence-corrected chi connectivity index (χ2v) is 10.0. The van der Waals surface area contributed by atoms with Gasteiger partial charge < -0.3 is 23.6 Å². The Morgan fingerprint density at radius 2 is 1.86 bits per heavy atom. The van der Waals surface area contributed by atoms with Crippen molar-refractivity contribution in [3.63, 3.8) is 0 Å². The molecule has 1 N–H and O–H groups in total. The molecule has 4 aromatic rings. The molecule has 0 fully saturated rings. The molecule has 12 heteroatoms. The predicted molar refractivity (Wildman–Crippen MR) is 154 cm³/mol. The Morgan fingerprint density at radius 1 is 1.07 bits per heavy atom. The smallest absolute Gasteiger partial charge is 0.416 e. The normalized spacial score (nSPS) is 11.6. The van der Waals surface area contributed by atoms with Crippen LogP contribution in [0.3, 0.4) is 0 Å². The molecule has 0 aliphatic rings. The Kier molecular flexibility index (Phi) is 11.0. The van der Waals surface area contributed by atoms with Gasteiger partial charge in [-0.2, -0.15) is 13.2 Å². The number of rotatable bonds is 15. The molecule has 2 heterocycles. The maximum absolute atomic E-state index is 12.7. The number of aliphatic carboxylic acids is 1. The molecule has 0 spiro atoms. The van der Waals surface area contributed by atoms with Crippen LogP contribution in [-0.4, -0.2) is 38.2 Å². The van der Waals surface area contributed by atoms with Gasteiger partial charge in [-0.05, 0) is 67.2 Å². The summed E-state index contributed by atoms with van der Waals surface area (Å²) in [5.41, 5.74) is 2.79. The molecule has 0 saturated heterocycles. The standard InChI is InChI=1S/C32H32F3N3O6/c1-22-19-24(5-10-26-20-43-29(37-26)12-7-23-3-8-25(9-4-23)32(33,34)35)6-11-27(22)42-18-2-16-38-17-15-36-28(38)21-44-31(41)14-13-30(39)40/h3-4,6-9,11-12,15,17,19-20H,2,5,10,13-14,16,18,21H2,1H3,(H,39,40)/b12-7+. The van der Waals surface area contributed by atoms with Crippen molar-refractivity contribution in [3.05, 3.63) is 101 Å². The number of imidazole rings is 1. The Morgan fingerprint density at radius 3 is 2.59 bits per heavy atom. The highest BCUT2D eigenvalue weighted by Crippen LogP contribution is 2.29. The summed E-state index contributed by atoms with van der Waals surface area (Å²) < 4.78 is 56.6. The van der Waals surface area contributed by atoms with Crippen LogP contribution in [0.4, 0.5) is 13.2 Å². The molecule has 44 heavy (non-hydrogen) atoms. The van der Waals surface area contributed by atoms with E-state index >= 15 is 0 Å². The number of halogens is 3. The average Bonchev–Trinajstić information content (AvgIpc) is 3.65. The van der Waals surface area contributed by atoms with Crippen molar-refractivity contribution in [2.24, 2.45) is 0 Å².